The van der Waals surface area contributed by atoms with Gasteiger partial charge in [-0.25, -0.2) is 9.37 Å². The standard InChI is InChI=1S/C24H21FN2O/c1-16(2)15-17-3-5-20(6-4-17)24-27-22(18-7-9-21(25)10-8-18)23(28-24)19-11-13-26-14-12-19/h3-14,16H,15H2,1-2H3. The summed E-state index contributed by atoms with van der Waals surface area (Å²) in [5.41, 5.74) is 4.58. The first kappa shape index (κ1) is 18.1. The second kappa shape index (κ2) is 7.77. The minimum Gasteiger partial charge on any atom is -0.435 e. The highest BCUT2D eigenvalue weighted by Gasteiger charge is 2.18. The third-order valence-electron chi connectivity index (χ3n) is 4.53. The van der Waals surface area contributed by atoms with Gasteiger partial charge >= 0.3 is 0 Å². The van der Waals surface area contributed by atoms with Crippen molar-refractivity contribution in [2.75, 3.05) is 0 Å². The fourth-order valence-corrected chi connectivity index (χ4v) is 3.20. The third-order valence-corrected chi connectivity index (χ3v) is 4.53. The molecule has 2 aromatic carbocycles. The largest absolute Gasteiger partial charge is 0.435 e. The predicted molar refractivity (Wildman–Crippen MR) is 109 cm³/mol. The summed E-state index contributed by atoms with van der Waals surface area (Å²) in [5, 5.41) is 0. The van der Waals surface area contributed by atoms with Crippen molar-refractivity contribution in [1.29, 1.82) is 0 Å². The first-order valence-electron chi connectivity index (χ1n) is 9.36. The minimum absolute atomic E-state index is 0.279. The van der Waals surface area contributed by atoms with Gasteiger partial charge in [-0.05, 0) is 66.4 Å². The Balaban J connectivity index is 1.78. The van der Waals surface area contributed by atoms with Crippen LogP contribution in [0, 0.1) is 11.7 Å². The topological polar surface area (TPSA) is 38.9 Å². The number of oxazole rings is 1. The zero-order chi connectivity index (χ0) is 19.5. The van der Waals surface area contributed by atoms with E-state index in [0.717, 1.165) is 23.1 Å². The van der Waals surface area contributed by atoms with Crippen molar-refractivity contribution in [3.8, 4) is 34.0 Å². The summed E-state index contributed by atoms with van der Waals surface area (Å²) in [5.74, 6) is 1.52. The summed E-state index contributed by atoms with van der Waals surface area (Å²) in [4.78, 5) is 8.81. The Morgan fingerprint density at radius 1 is 0.821 bits per heavy atom. The molecule has 0 bridgehead atoms. The maximum absolute atomic E-state index is 13.4. The van der Waals surface area contributed by atoms with Crippen LogP contribution in [0.5, 0.6) is 0 Å². The van der Waals surface area contributed by atoms with E-state index in [1.807, 2.05) is 24.3 Å². The summed E-state index contributed by atoms with van der Waals surface area (Å²) >= 11 is 0. The lowest BCUT2D eigenvalue weighted by molar-refractivity contribution is 0.589. The molecule has 0 atom stereocenters. The molecule has 0 radical (unpaired) electrons. The van der Waals surface area contributed by atoms with E-state index >= 15 is 0 Å². The Bertz CT molecular complexity index is 1050. The summed E-state index contributed by atoms with van der Waals surface area (Å²) in [6.07, 6.45) is 4.47. The summed E-state index contributed by atoms with van der Waals surface area (Å²) in [6, 6.07) is 18.4. The molecule has 3 nitrogen and oxygen atoms in total. The molecule has 4 aromatic rings. The number of rotatable bonds is 5. The van der Waals surface area contributed by atoms with Crippen LogP contribution in [0.15, 0.2) is 77.5 Å². The van der Waals surface area contributed by atoms with E-state index in [1.54, 1.807) is 24.5 Å². The Kier molecular flexibility index (Phi) is 5.02. The normalized spacial score (nSPS) is 11.1. The Morgan fingerprint density at radius 2 is 1.46 bits per heavy atom. The molecule has 0 aliphatic carbocycles. The van der Waals surface area contributed by atoms with Gasteiger partial charge in [0.2, 0.25) is 5.89 Å². The van der Waals surface area contributed by atoms with Gasteiger partial charge in [0.25, 0.3) is 0 Å². The van der Waals surface area contributed by atoms with E-state index in [1.165, 1.54) is 17.7 Å². The summed E-state index contributed by atoms with van der Waals surface area (Å²) in [6.45, 7) is 4.41. The molecule has 0 N–H and O–H groups in total. The Morgan fingerprint density at radius 3 is 2.11 bits per heavy atom. The smallest absolute Gasteiger partial charge is 0.227 e. The number of aromatic nitrogens is 2. The highest BCUT2D eigenvalue weighted by molar-refractivity contribution is 5.78. The van der Waals surface area contributed by atoms with Crippen molar-refractivity contribution in [3.05, 3.63) is 84.4 Å². The van der Waals surface area contributed by atoms with Crippen LogP contribution in [-0.2, 0) is 6.42 Å². The second-order valence-electron chi connectivity index (χ2n) is 7.23. The highest BCUT2D eigenvalue weighted by Crippen LogP contribution is 2.35. The van der Waals surface area contributed by atoms with Gasteiger partial charge in [-0.1, -0.05) is 26.0 Å². The molecule has 4 rings (SSSR count). The Hall–Kier alpha value is -3.27. The number of benzene rings is 2. The maximum Gasteiger partial charge on any atom is 0.227 e. The van der Waals surface area contributed by atoms with Crippen molar-refractivity contribution >= 4 is 0 Å². The zero-order valence-corrected chi connectivity index (χ0v) is 15.9. The van der Waals surface area contributed by atoms with Crippen molar-refractivity contribution < 1.29 is 8.81 Å². The van der Waals surface area contributed by atoms with E-state index in [9.17, 15) is 4.39 Å². The van der Waals surface area contributed by atoms with Crippen LogP contribution in [0.2, 0.25) is 0 Å². The van der Waals surface area contributed by atoms with E-state index in [2.05, 4.69) is 31.0 Å². The van der Waals surface area contributed by atoms with Crippen molar-refractivity contribution in [2.45, 2.75) is 20.3 Å². The van der Waals surface area contributed by atoms with Gasteiger partial charge in [-0.2, -0.15) is 0 Å². The molecule has 28 heavy (non-hydrogen) atoms. The van der Waals surface area contributed by atoms with Crippen LogP contribution in [0.4, 0.5) is 4.39 Å². The lowest BCUT2D eigenvalue weighted by atomic mass is 10.0. The predicted octanol–water partition coefficient (Wildman–Crippen LogP) is 6.41. The molecular weight excluding hydrogens is 351 g/mol. The number of nitrogens with zero attached hydrogens (tertiary/aromatic N) is 2. The van der Waals surface area contributed by atoms with Gasteiger partial charge in [0.1, 0.15) is 11.5 Å². The molecule has 4 heteroatoms. The molecule has 2 heterocycles. The van der Waals surface area contributed by atoms with E-state index in [4.69, 9.17) is 9.40 Å². The third kappa shape index (κ3) is 3.86. The summed E-state index contributed by atoms with van der Waals surface area (Å²) < 4.78 is 19.5. The van der Waals surface area contributed by atoms with Crippen molar-refractivity contribution in [2.24, 2.45) is 5.92 Å². The van der Waals surface area contributed by atoms with E-state index in [-0.39, 0.29) is 5.82 Å². The average molecular weight is 372 g/mol. The van der Waals surface area contributed by atoms with E-state index in [0.29, 0.717) is 23.3 Å². The molecule has 0 fully saturated rings. The van der Waals surface area contributed by atoms with Gasteiger partial charge in [0, 0.05) is 29.1 Å². The van der Waals surface area contributed by atoms with Gasteiger partial charge < -0.3 is 4.42 Å². The van der Waals surface area contributed by atoms with Crippen LogP contribution in [-0.4, -0.2) is 9.97 Å². The first-order valence-corrected chi connectivity index (χ1v) is 9.36. The fraction of sp³-hybridized carbons (Fsp3) is 0.167. The van der Waals surface area contributed by atoms with Crippen LogP contribution in [0.1, 0.15) is 19.4 Å². The molecular formula is C24H21FN2O. The van der Waals surface area contributed by atoms with Crippen LogP contribution < -0.4 is 0 Å². The lowest BCUT2D eigenvalue weighted by Crippen LogP contribution is -1.93. The molecule has 2 aromatic heterocycles. The van der Waals surface area contributed by atoms with Crippen molar-refractivity contribution in [3.63, 3.8) is 0 Å². The summed E-state index contributed by atoms with van der Waals surface area (Å²) in [7, 11) is 0. The molecule has 0 saturated heterocycles. The number of pyridine rings is 1. The van der Waals surface area contributed by atoms with Crippen LogP contribution in [0.25, 0.3) is 34.0 Å². The average Bonchev–Trinajstić information content (AvgIpc) is 3.15. The molecule has 0 aliphatic rings. The maximum atomic E-state index is 13.4. The minimum atomic E-state index is -0.279. The molecule has 140 valence electrons. The molecule has 0 amide bonds. The lowest BCUT2D eigenvalue weighted by Gasteiger charge is -2.05. The Labute approximate surface area is 163 Å². The van der Waals surface area contributed by atoms with Gasteiger partial charge in [0.05, 0.1) is 0 Å². The van der Waals surface area contributed by atoms with Gasteiger partial charge in [-0.15, -0.1) is 0 Å². The molecule has 0 aliphatic heterocycles. The quantitative estimate of drug-likeness (QED) is 0.406. The monoisotopic (exact) mass is 372 g/mol. The number of hydrogen-bond donors (Lipinski definition) is 0. The zero-order valence-electron chi connectivity index (χ0n) is 15.9. The van der Waals surface area contributed by atoms with Crippen LogP contribution >= 0.6 is 0 Å². The number of halogens is 1. The van der Waals surface area contributed by atoms with Crippen LogP contribution in [0.3, 0.4) is 0 Å². The SMILES string of the molecule is CC(C)Cc1ccc(-c2nc(-c3ccc(F)cc3)c(-c3ccncc3)o2)cc1. The van der Waals surface area contributed by atoms with Crippen molar-refractivity contribution in [1.82, 2.24) is 9.97 Å². The van der Waals surface area contributed by atoms with Gasteiger partial charge in [-0.3, -0.25) is 4.98 Å². The number of hydrogen-bond acceptors (Lipinski definition) is 3. The van der Waals surface area contributed by atoms with Gasteiger partial charge in [0.15, 0.2) is 5.76 Å². The second-order valence-corrected chi connectivity index (χ2v) is 7.23. The fourth-order valence-electron chi connectivity index (χ4n) is 3.20. The molecule has 0 saturated carbocycles. The molecule has 0 spiro atoms. The first-order chi connectivity index (χ1) is 13.6. The highest BCUT2D eigenvalue weighted by atomic mass is 19.1. The van der Waals surface area contributed by atoms with E-state index < -0.39 is 0 Å². The molecule has 0 unspecified atom stereocenters.